The van der Waals surface area contributed by atoms with Crippen molar-refractivity contribution in [1.29, 1.82) is 0 Å². The first-order valence-corrected chi connectivity index (χ1v) is 11.9. The Labute approximate surface area is 193 Å². The Morgan fingerprint density at radius 2 is 2.03 bits per heavy atom. The second-order valence-electron chi connectivity index (χ2n) is 10.3. The average Bonchev–Trinajstić information content (AvgIpc) is 3.52. The molecule has 2 aliphatic carbocycles. The number of rotatable bonds is 7. The van der Waals surface area contributed by atoms with Gasteiger partial charge in [-0.2, -0.15) is 0 Å². The molecule has 2 saturated carbocycles. The largest absolute Gasteiger partial charge is 0.493 e. The van der Waals surface area contributed by atoms with Gasteiger partial charge >= 0.3 is 5.97 Å². The lowest BCUT2D eigenvalue weighted by Crippen LogP contribution is -2.44. The monoisotopic (exact) mass is 461 g/mol. The topological polar surface area (TPSA) is 66.8 Å². The van der Waals surface area contributed by atoms with E-state index in [4.69, 9.17) is 4.74 Å². The predicted molar refractivity (Wildman–Crippen MR) is 121 cm³/mol. The number of benzene rings is 1. The third-order valence-electron chi connectivity index (χ3n) is 7.51. The molecule has 180 valence electrons. The van der Waals surface area contributed by atoms with E-state index in [0.717, 1.165) is 49.0 Å². The summed E-state index contributed by atoms with van der Waals surface area (Å²) in [6, 6.07) is 1.17. The van der Waals surface area contributed by atoms with Crippen LogP contribution in [0.2, 0.25) is 0 Å². The Kier molecular flexibility index (Phi) is 6.52. The van der Waals surface area contributed by atoms with Crippen LogP contribution < -0.4 is 4.74 Å². The summed E-state index contributed by atoms with van der Waals surface area (Å²) >= 11 is 0. The number of hydrogen-bond donors (Lipinski definition) is 1. The highest BCUT2D eigenvalue weighted by Crippen LogP contribution is 2.48. The van der Waals surface area contributed by atoms with E-state index in [1.807, 2.05) is 0 Å². The number of hydrogen-bond acceptors (Lipinski definition) is 3. The maximum Gasteiger partial charge on any atom is 0.329 e. The first-order chi connectivity index (χ1) is 15.6. The zero-order chi connectivity index (χ0) is 23.9. The molecule has 1 aliphatic heterocycles. The minimum Gasteiger partial charge on any atom is -0.493 e. The van der Waals surface area contributed by atoms with Crippen LogP contribution in [0.15, 0.2) is 24.3 Å². The molecule has 7 heteroatoms. The van der Waals surface area contributed by atoms with Gasteiger partial charge in [-0.3, -0.25) is 4.79 Å². The molecule has 4 atom stereocenters. The Morgan fingerprint density at radius 1 is 1.30 bits per heavy atom. The Morgan fingerprint density at radius 3 is 2.64 bits per heavy atom. The van der Waals surface area contributed by atoms with E-state index in [0.29, 0.717) is 18.3 Å². The third-order valence-corrected chi connectivity index (χ3v) is 7.51. The normalized spacial score (nSPS) is 29.9. The van der Waals surface area contributed by atoms with Gasteiger partial charge in [-0.05, 0) is 68.4 Å². The van der Waals surface area contributed by atoms with Gasteiger partial charge in [0.15, 0.2) is 6.04 Å². The van der Waals surface area contributed by atoms with Crippen molar-refractivity contribution < 1.29 is 28.2 Å². The Hall–Kier alpha value is -2.44. The molecule has 4 rings (SSSR count). The second kappa shape index (κ2) is 9.07. The molecule has 1 heterocycles. The smallest absolute Gasteiger partial charge is 0.329 e. The first-order valence-electron chi connectivity index (χ1n) is 11.9. The highest BCUT2D eigenvalue weighted by Gasteiger charge is 2.44. The summed E-state index contributed by atoms with van der Waals surface area (Å²) in [6.45, 7) is 8.97. The number of carboxylic acids is 1. The van der Waals surface area contributed by atoms with Crippen molar-refractivity contribution in [2.24, 2.45) is 11.3 Å². The quantitative estimate of drug-likeness (QED) is 0.545. The number of allylic oxidation sites excluding steroid dienone is 1. The third kappa shape index (κ3) is 4.78. The molecule has 1 saturated heterocycles. The van der Waals surface area contributed by atoms with Crippen LogP contribution in [-0.2, 0) is 4.79 Å². The van der Waals surface area contributed by atoms with E-state index in [1.165, 1.54) is 17.7 Å². The molecule has 1 amide bonds. The molecule has 0 aromatic heterocycles. The van der Waals surface area contributed by atoms with Crippen LogP contribution in [0.3, 0.4) is 0 Å². The Balaban J connectivity index is 1.59. The van der Waals surface area contributed by atoms with E-state index in [-0.39, 0.29) is 29.9 Å². The summed E-state index contributed by atoms with van der Waals surface area (Å²) in [5.74, 6) is -1.80. The lowest BCUT2D eigenvalue weighted by molar-refractivity contribution is -0.142. The number of nitrogens with zero attached hydrogens (tertiary/aromatic N) is 1. The Bertz CT molecular complexity index is 960. The molecule has 1 aromatic rings. The van der Waals surface area contributed by atoms with Gasteiger partial charge in [-0.1, -0.05) is 26.0 Å². The predicted octanol–water partition coefficient (Wildman–Crippen LogP) is 5.49. The summed E-state index contributed by atoms with van der Waals surface area (Å²) in [4.78, 5) is 25.4. The SMILES string of the molecule is C=C1CC(C)CC(CC)(COc2cc(F)c(C(=O)N3CC[C@@H](F)[C@H]3C(=O)O)cc2C2CC2)C1. The molecule has 0 spiro atoms. The number of carboxylic acid groups (broad SMARTS) is 1. The van der Waals surface area contributed by atoms with Crippen LogP contribution in [0.4, 0.5) is 8.78 Å². The summed E-state index contributed by atoms with van der Waals surface area (Å²) in [5.41, 5.74) is 1.74. The van der Waals surface area contributed by atoms with Crippen molar-refractivity contribution in [1.82, 2.24) is 4.90 Å². The van der Waals surface area contributed by atoms with Gasteiger partial charge in [0.25, 0.3) is 5.91 Å². The number of ether oxygens (including phenoxy) is 1. The number of alkyl halides is 1. The van der Waals surface area contributed by atoms with Crippen LogP contribution in [0.5, 0.6) is 5.75 Å². The van der Waals surface area contributed by atoms with Crippen molar-refractivity contribution in [2.75, 3.05) is 13.2 Å². The molecule has 33 heavy (non-hydrogen) atoms. The maximum absolute atomic E-state index is 15.1. The summed E-state index contributed by atoms with van der Waals surface area (Å²) in [5, 5.41) is 9.34. The van der Waals surface area contributed by atoms with E-state index >= 15 is 4.39 Å². The highest BCUT2D eigenvalue weighted by molar-refractivity contribution is 5.97. The minimum absolute atomic E-state index is 0.0407. The van der Waals surface area contributed by atoms with E-state index in [1.54, 1.807) is 0 Å². The highest BCUT2D eigenvalue weighted by atomic mass is 19.1. The summed E-state index contributed by atoms with van der Waals surface area (Å²) in [7, 11) is 0. The van der Waals surface area contributed by atoms with Gasteiger partial charge in [0.1, 0.15) is 17.7 Å². The molecule has 0 radical (unpaired) electrons. The van der Waals surface area contributed by atoms with Crippen LogP contribution >= 0.6 is 0 Å². The number of aliphatic carboxylic acids is 1. The van der Waals surface area contributed by atoms with Crippen LogP contribution in [0.1, 0.15) is 80.6 Å². The van der Waals surface area contributed by atoms with Gasteiger partial charge in [-0.15, -0.1) is 0 Å². The number of carbonyl (C=O) groups is 2. The molecule has 2 unspecified atom stereocenters. The standard InChI is InChI=1S/C26H33F2NO4/c1-4-26(12-15(2)9-16(3)13-26)14-33-22-11-21(28)19(10-18(22)17-5-6-17)24(30)29-8-7-20(27)23(29)25(31)32/h10-11,16-17,20,23H,2,4-9,12-14H2,1,3H3,(H,31,32)/t16?,20-,23+,26?/m1/s1. The van der Waals surface area contributed by atoms with Crippen LogP contribution in [0, 0.1) is 17.2 Å². The maximum atomic E-state index is 15.1. The van der Waals surface area contributed by atoms with E-state index < -0.39 is 29.9 Å². The molecule has 3 fully saturated rings. The molecule has 5 nitrogen and oxygen atoms in total. The number of likely N-dealkylation sites (tertiary alicyclic amines) is 1. The zero-order valence-corrected chi connectivity index (χ0v) is 19.4. The van der Waals surface area contributed by atoms with Crippen molar-refractivity contribution in [3.05, 3.63) is 41.2 Å². The van der Waals surface area contributed by atoms with Crippen LogP contribution in [-0.4, -0.2) is 47.2 Å². The van der Waals surface area contributed by atoms with Gasteiger partial charge in [0.2, 0.25) is 0 Å². The molecular formula is C26H33F2NO4. The van der Waals surface area contributed by atoms with Crippen LogP contribution in [0.25, 0.3) is 0 Å². The van der Waals surface area contributed by atoms with Gasteiger partial charge in [0, 0.05) is 18.0 Å². The fraction of sp³-hybridized carbons (Fsp3) is 0.615. The van der Waals surface area contributed by atoms with E-state index in [9.17, 15) is 19.1 Å². The molecule has 1 aromatic carbocycles. The van der Waals surface area contributed by atoms with Crippen molar-refractivity contribution in [2.45, 2.75) is 76.9 Å². The lowest BCUT2D eigenvalue weighted by Gasteiger charge is -2.40. The zero-order valence-electron chi connectivity index (χ0n) is 19.4. The average molecular weight is 462 g/mol. The fourth-order valence-corrected chi connectivity index (χ4v) is 5.69. The van der Waals surface area contributed by atoms with Gasteiger partial charge in [-0.25, -0.2) is 13.6 Å². The first kappa shape index (κ1) is 23.7. The van der Waals surface area contributed by atoms with Crippen molar-refractivity contribution in [3.63, 3.8) is 0 Å². The molecule has 3 aliphatic rings. The minimum atomic E-state index is -1.65. The van der Waals surface area contributed by atoms with Gasteiger partial charge < -0.3 is 14.7 Å². The van der Waals surface area contributed by atoms with Gasteiger partial charge in [0.05, 0.1) is 12.2 Å². The number of halogens is 2. The summed E-state index contributed by atoms with van der Waals surface area (Å²) < 4.78 is 35.4. The number of amides is 1. The second-order valence-corrected chi connectivity index (χ2v) is 10.3. The summed E-state index contributed by atoms with van der Waals surface area (Å²) in [6.07, 6.45) is 4.00. The number of carbonyl (C=O) groups excluding carboxylic acids is 1. The molecular weight excluding hydrogens is 428 g/mol. The molecule has 0 bridgehead atoms. The van der Waals surface area contributed by atoms with Crippen molar-refractivity contribution >= 4 is 11.9 Å². The van der Waals surface area contributed by atoms with Crippen molar-refractivity contribution in [3.8, 4) is 5.75 Å². The molecule has 1 N–H and O–H groups in total. The van der Waals surface area contributed by atoms with E-state index in [2.05, 4.69) is 20.4 Å². The fourth-order valence-electron chi connectivity index (χ4n) is 5.69. The lowest BCUT2D eigenvalue weighted by atomic mass is 9.67.